The van der Waals surface area contributed by atoms with Gasteiger partial charge in [-0.05, 0) is 143 Å². The van der Waals surface area contributed by atoms with Crippen LogP contribution in [0.2, 0.25) is 0 Å². The third-order valence-electron chi connectivity index (χ3n) is 13.5. The molecule has 2 heteroatoms. The average molecular weight is 879 g/mol. The lowest BCUT2D eigenvalue weighted by Crippen LogP contribution is -2.15. The molecule has 10 aromatic carbocycles. The molecular weight excluding hydrogens is 821 g/mol. The van der Waals surface area contributed by atoms with Crippen LogP contribution in [0.4, 0.5) is 28.4 Å². The van der Waals surface area contributed by atoms with Crippen LogP contribution in [0.3, 0.4) is 0 Å². The van der Waals surface area contributed by atoms with Crippen LogP contribution in [0, 0.1) is 0 Å². The van der Waals surface area contributed by atoms with Gasteiger partial charge in [0.05, 0.1) is 5.69 Å². The van der Waals surface area contributed by atoms with Gasteiger partial charge in [0.2, 0.25) is 0 Å². The maximum atomic E-state index is 4.71. The van der Waals surface area contributed by atoms with Gasteiger partial charge >= 0.3 is 0 Å². The molecule has 0 radical (unpaired) electrons. The Morgan fingerprint density at radius 3 is 1.56 bits per heavy atom. The van der Waals surface area contributed by atoms with Gasteiger partial charge in [0.15, 0.2) is 0 Å². The zero-order valence-electron chi connectivity index (χ0n) is 40.1. The Morgan fingerprint density at radius 1 is 0.441 bits per heavy atom. The highest BCUT2D eigenvalue weighted by atomic mass is 15.1. The third kappa shape index (κ3) is 8.18. The van der Waals surface area contributed by atoms with Crippen molar-refractivity contribution in [2.45, 2.75) is 52.4 Å². The van der Waals surface area contributed by atoms with E-state index in [0.717, 1.165) is 56.4 Å². The van der Waals surface area contributed by atoms with E-state index in [4.69, 9.17) is 6.58 Å². The summed E-state index contributed by atoms with van der Waals surface area (Å²) >= 11 is 0. The summed E-state index contributed by atoms with van der Waals surface area (Å²) in [7, 11) is 0. The van der Waals surface area contributed by atoms with Crippen molar-refractivity contribution in [1.29, 1.82) is 0 Å². The lowest BCUT2D eigenvalue weighted by Gasteiger charge is -2.29. The van der Waals surface area contributed by atoms with Crippen LogP contribution in [-0.2, 0) is 10.8 Å². The molecule has 0 aliphatic carbocycles. The summed E-state index contributed by atoms with van der Waals surface area (Å²) in [6, 6.07) is 70.8. The van der Waals surface area contributed by atoms with E-state index in [2.05, 4.69) is 270 Å². The molecule has 0 heterocycles. The van der Waals surface area contributed by atoms with Gasteiger partial charge in [-0.2, -0.15) is 0 Å². The minimum absolute atomic E-state index is 0.0506. The largest absolute Gasteiger partial charge is 0.311 e. The van der Waals surface area contributed by atoms with Crippen LogP contribution < -0.4 is 9.80 Å². The summed E-state index contributed by atoms with van der Waals surface area (Å²) in [5.74, 6) is 0. The summed E-state index contributed by atoms with van der Waals surface area (Å²) < 4.78 is 0. The number of rotatable bonds is 11. The van der Waals surface area contributed by atoms with Gasteiger partial charge in [-0.15, -0.1) is 0 Å². The molecule has 0 spiro atoms. The van der Waals surface area contributed by atoms with Crippen molar-refractivity contribution in [2.24, 2.45) is 0 Å². The molecule has 0 bridgehead atoms. The standard InChI is InChI=1S/C66H58N2/c1-9-18-56(58-40-26-46-19-16-17-24-55(46)57(58)39-25-45(2)67(51-20-12-10-13-21-51)53-35-31-49(32-36-53)65(3,4)5)59-41-27-47-29-43-61-62(44-30-48-28-42-60(59)63(47)64(48)61)68(52-22-14-11-15-23-52)54-37-33-50(34-38-54)66(6,7)8/h9-44H,1-2H2,3-8H3/b39-25-,56-18+. The van der Waals surface area contributed by atoms with Crippen LogP contribution in [0.25, 0.3) is 54.7 Å². The zero-order valence-corrected chi connectivity index (χ0v) is 40.1. The maximum Gasteiger partial charge on any atom is 0.0540 e. The first-order chi connectivity index (χ1) is 32.9. The van der Waals surface area contributed by atoms with E-state index in [1.165, 1.54) is 54.2 Å². The second-order valence-corrected chi connectivity index (χ2v) is 19.9. The molecule has 0 saturated heterocycles. The fraction of sp³-hybridized carbons (Fsp3) is 0.121. The molecule has 0 saturated carbocycles. The van der Waals surface area contributed by atoms with Gasteiger partial charge < -0.3 is 9.80 Å². The second-order valence-electron chi connectivity index (χ2n) is 19.9. The Balaban J connectivity index is 1.12. The lowest BCUT2D eigenvalue weighted by molar-refractivity contribution is 0.590. The normalized spacial score (nSPS) is 12.4. The highest BCUT2D eigenvalue weighted by molar-refractivity contribution is 6.27. The Hall–Kier alpha value is -7.94. The van der Waals surface area contributed by atoms with Crippen molar-refractivity contribution in [2.75, 3.05) is 9.80 Å². The van der Waals surface area contributed by atoms with Crippen molar-refractivity contribution < 1.29 is 0 Å². The first-order valence-corrected chi connectivity index (χ1v) is 23.7. The molecule has 0 aliphatic rings. The number of nitrogens with zero attached hydrogens (tertiary/aromatic N) is 2. The monoisotopic (exact) mass is 878 g/mol. The first kappa shape index (κ1) is 43.9. The molecule has 0 N–H and O–H groups in total. The molecule has 0 fully saturated rings. The molecule has 10 rings (SSSR count). The van der Waals surface area contributed by atoms with E-state index in [0.29, 0.717) is 0 Å². The first-order valence-electron chi connectivity index (χ1n) is 23.7. The zero-order chi connectivity index (χ0) is 47.2. The number of fused-ring (bicyclic) bond motifs is 1. The smallest absolute Gasteiger partial charge is 0.0540 e. The highest BCUT2D eigenvalue weighted by Gasteiger charge is 2.23. The van der Waals surface area contributed by atoms with E-state index in [-0.39, 0.29) is 10.8 Å². The number of allylic oxidation sites excluding steroid dienone is 3. The molecule has 0 unspecified atom stereocenters. The van der Waals surface area contributed by atoms with Crippen molar-refractivity contribution in [1.82, 2.24) is 0 Å². The van der Waals surface area contributed by atoms with E-state index >= 15 is 0 Å². The highest BCUT2D eigenvalue weighted by Crippen LogP contribution is 2.46. The van der Waals surface area contributed by atoms with Gasteiger partial charge in [0, 0.05) is 33.8 Å². The van der Waals surface area contributed by atoms with Crippen LogP contribution in [0.15, 0.2) is 231 Å². The fourth-order valence-electron chi connectivity index (χ4n) is 9.91. The number of hydrogen-bond donors (Lipinski definition) is 0. The third-order valence-corrected chi connectivity index (χ3v) is 13.5. The van der Waals surface area contributed by atoms with Gasteiger partial charge in [-0.1, -0.05) is 212 Å². The maximum absolute atomic E-state index is 4.71. The van der Waals surface area contributed by atoms with Gasteiger partial charge in [0.25, 0.3) is 0 Å². The van der Waals surface area contributed by atoms with Crippen molar-refractivity contribution >= 4 is 83.2 Å². The summed E-state index contributed by atoms with van der Waals surface area (Å²) in [6.07, 6.45) is 8.53. The topological polar surface area (TPSA) is 6.48 Å². The van der Waals surface area contributed by atoms with Crippen molar-refractivity contribution in [3.8, 4) is 0 Å². The lowest BCUT2D eigenvalue weighted by atomic mass is 9.85. The molecule has 0 aliphatic heterocycles. The Bertz CT molecular complexity index is 3520. The Labute approximate surface area is 402 Å². The molecule has 332 valence electrons. The molecule has 0 amide bonds. The average Bonchev–Trinajstić information content (AvgIpc) is 3.35. The van der Waals surface area contributed by atoms with Gasteiger partial charge in [-0.25, -0.2) is 0 Å². The number of benzene rings is 10. The molecule has 2 nitrogen and oxygen atoms in total. The summed E-state index contributed by atoms with van der Waals surface area (Å²) in [5.41, 5.74) is 13.6. The predicted octanol–water partition coefficient (Wildman–Crippen LogP) is 18.8. The summed E-state index contributed by atoms with van der Waals surface area (Å²) in [6.45, 7) is 22.5. The predicted molar refractivity (Wildman–Crippen MR) is 297 cm³/mol. The van der Waals surface area contributed by atoms with Crippen LogP contribution in [0.5, 0.6) is 0 Å². The quantitative estimate of drug-likeness (QED) is 0.0943. The second kappa shape index (κ2) is 17.7. The summed E-state index contributed by atoms with van der Waals surface area (Å²) in [4.78, 5) is 4.65. The SMILES string of the molecule is C=C/C=C(\c1ccc2ccccc2c1/C=C\C(=C)N(c1ccccc1)c1ccc(C(C)(C)C)cc1)c1ccc2ccc3c(N(c4ccccc4)c4ccc(C(C)(C)C)cc4)ccc4ccc1c2c43. The fourth-order valence-corrected chi connectivity index (χ4v) is 9.91. The Kier molecular flexibility index (Phi) is 11.4. The Morgan fingerprint density at radius 2 is 0.926 bits per heavy atom. The van der Waals surface area contributed by atoms with Gasteiger partial charge in [-0.3, -0.25) is 0 Å². The number of hydrogen-bond acceptors (Lipinski definition) is 2. The van der Waals surface area contributed by atoms with Crippen LogP contribution >= 0.6 is 0 Å². The van der Waals surface area contributed by atoms with Crippen LogP contribution in [0.1, 0.15) is 69.4 Å². The molecular formula is C66H58N2. The van der Waals surface area contributed by atoms with E-state index in [1.807, 2.05) is 6.08 Å². The van der Waals surface area contributed by atoms with E-state index in [1.54, 1.807) is 0 Å². The van der Waals surface area contributed by atoms with Crippen molar-refractivity contribution in [3.63, 3.8) is 0 Å². The number of anilines is 5. The van der Waals surface area contributed by atoms with E-state index in [9.17, 15) is 0 Å². The number of para-hydroxylation sites is 2. The van der Waals surface area contributed by atoms with Crippen LogP contribution in [-0.4, -0.2) is 0 Å². The molecule has 0 atom stereocenters. The molecule has 68 heavy (non-hydrogen) atoms. The van der Waals surface area contributed by atoms with Gasteiger partial charge in [0.1, 0.15) is 0 Å². The molecule has 10 aromatic rings. The van der Waals surface area contributed by atoms with E-state index < -0.39 is 0 Å². The van der Waals surface area contributed by atoms with Crippen molar-refractivity contribution in [3.05, 3.63) is 259 Å². The summed E-state index contributed by atoms with van der Waals surface area (Å²) in [5, 5.41) is 9.70. The molecule has 0 aromatic heterocycles. The minimum Gasteiger partial charge on any atom is -0.311 e. The minimum atomic E-state index is 0.0506.